The van der Waals surface area contributed by atoms with Crippen molar-refractivity contribution in [2.75, 3.05) is 0 Å². The molecular formula is C11H14N4OS. The van der Waals surface area contributed by atoms with Gasteiger partial charge in [0.2, 0.25) is 0 Å². The van der Waals surface area contributed by atoms with Crippen LogP contribution in [0.5, 0.6) is 0 Å². The number of aromatic nitrogens is 3. The van der Waals surface area contributed by atoms with Gasteiger partial charge in [-0.15, -0.1) is 11.3 Å². The molecule has 1 N–H and O–H groups in total. The van der Waals surface area contributed by atoms with Crippen molar-refractivity contribution in [2.24, 2.45) is 7.05 Å². The van der Waals surface area contributed by atoms with Gasteiger partial charge in [-0.2, -0.15) is 0 Å². The lowest BCUT2D eigenvalue weighted by atomic mass is 10.2. The summed E-state index contributed by atoms with van der Waals surface area (Å²) in [6.45, 7) is 2.02. The van der Waals surface area contributed by atoms with Gasteiger partial charge < -0.3 is 9.88 Å². The van der Waals surface area contributed by atoms with Crippen molar-refractivity contribution >= 4 is 17.2 Å². The Morgan fingerprint density at radius 3 is 3.00 bits per heavy atom. The Hall–Kier alpha value is -1.69. The Balaban J connectivity index is 2.10. The smallest absolute Gasteiger partial charge is 0.270 e. The molecule has 0 bridgehead atoms. The highest BCUT2D eigenvalue weighted by Gasteiger charge is 2.17. The molecule has 0 saturated carbocycles. The summed E-state index contributed by atoms with van der Waals surface area (Å²) < 4.78 is 1.70. The van der Waals surface area contributed by atoms with E-state index in [1.165, 1.54) is 0 Å². The number of carbonyl (C=O) groups excluding carboxylic acids is 1. The first-order valence-corrected chi connectivity index (χ1v) is 6.27. The minimum atomic E-state index is -0.118. The highest BCUT2D eigenvalue weighted by Crippen LogP contribution is 2.19. The number of nitrogens with zero attached hydrogens (tertiary/aromatic N) is 3. The predicted molar refractivity (Wildman–Crippen MR) is 65.8 cm³/mol. The standard InChI is InChI=1S/C11H14N4OS/c1-3-8(11-13-4-5-17-11)14-10(16)9-6-12-7-15(9)2/h4-8H,3H2,1-2H3,(H,14,16). The van der Waals surface area contributed by atoms with Crippen LogP contribution in [0.25, 0.3) is 0 Å². The van der Waals surface area contributed by atoms with E-state index in [2.05, 4.69) is 15.3 Å². The molecule has 0 aromatic carbocycles. The normalized spacial score (nSPS) is 12.4. The van der Waals surface area contributed by atoms with Crippen LogP contribution in [0.4, 0.5) is 0 Å². The van der Waals surface area contributed by atoms with Gasteiger partial charge in [-0.3, -0.25) is 4.79 Å². The molecule has 0 spiro atoms. The van der Waals surface area contributed by atoms with Crippen LogP contribution in [0.1, 0.15) is 34.9 Å². The molecule has 17 heavy (non-hydrogen) atoms. The van der Waals surface area contributed by atoms with Gasteiger partial charge in [0.15, 0.2) is 0 Å². The molecule has 2 rings (SSSR count). The van der Waals surface area contributed by atoms with Crippen LogP contribution < -0.4 is 5.32 Å². The molecule has 5 nitrogen and oxygen atoms in total. The van der Waals surface area contributed by atoms with Crippen molar-refractivity contribution in [3.05, 3.63) is 34.8 Å². The predicted octanol–water partition coefficient (Wildman–Crippen LogP) is 1.76. The van der Waals surface area contributed by atoms with E-state index in [9.17, 15) is 4.79 Å². The zero-order valence-corrected chi connectivity index (χ0v) is 10.6. The van der Waals surface area contributed by atoms with Crippen LogP contribution in [0.3, 0.4) is 0 Å². The van der Waals surface area contributed by atoms with E-state index in [-0.39, 0.29) is 11.9 Å². The van der Waals surface area contributed by atoms with Crippen molar-refractivity contribution in [1.29, 1.82) is 0 Å². The minimum absolute atomic E-state index is 0.0302. The lowest BCUT2D eigenvalue weighted by Gasteiger charge is -2.14. The lowest BCUT2D eigenvalue weighted by molar-refractivity contribution is 0.0927. The summed E-state index contributed by atoms with van der Waals surface area (Å²) in [5.74, 6) is -0.118. The van der Waals surface area contributed by atoms with Gasteiger partial charge in [0.05, 0.1) is 18.6 Å². The second-order valence-electron chi connectivity index (χ2n) is 3.69. The molecule has 0 aliphatic rings. The highest BCUT2D eigenvalue weighted by atomic mass is 32.1. The lowest BCUT2D eigenvalue weighted by Crippen LogP contribution is -2.29. The van der Waals surface area contributed by atoms with Crippen LogP contribution in [-0.4, -0.2) is 20.4 Å². The molecule has 90 valence electrons. The SMILES string of the molecule is CCC(NC(=O)c1cncn1C)c1nccs1. The number of hydrogen-bond acceptors (Lipinski definition) is 4. The van der Waals surface area contributed by atoms with Crippen molar-refractivity contribution < 1.29 is 4.79 Å². The second kappa shape index (κ2) is 5.09. The monoisotopic (exact) mass is 250 g/mol. The number of hydrogen-bond donors (Lipinski definition) is 1. The van der Waals surface area contributed by atoms with Gasteiger partial charge in [-0.1, -0.05) is 6.92 Å². The summed E-state index contributed by atoms with van der Waals surface area (Å²) in [4.78, 5) is 20.1. The van der Waals surface area contributed by atoms with E-state index < -0.39 is 0 Å². The van der Waals surface area contributed by atoms with Gasteiger partial charge in [0.1, 0.15) is 10.7 Å². The van der Waals surface area contributed by atoms with Crippen molar-refractivity contribution in [3.63, 3.8) is 0 Å². The zero-order chi connectivity index (χ0) is 12.3. The Morgan fingerprint density at radius 1 is 1.65 bits per heavy atom. The van der Waals surface area contributed by atoms with Gasteiger partial charge in [-0.25, -0.2) is 9.97 Å². The Kier molecular flexibility index (Phi) is 3.53. The number of rotatable bonds is 4. The maximum Gasteiger partial charge on any atom is 0.270 e. The number of imidazole rings is 1. The molecule has 1 unspecified atom stereocenters. The third-order valence-electron chi connectivity index (χ3n) is 2.51. The van der Waals surface area contributed by atoms with Gasteiger partial charge in [0.25, 0.3) is 5.91 Å². The number of amides is 1. The van der Waals surface area contributed by atoms with E-state index in [0.717, 1.165) is 11.4 Å². The Morgan fingerprint density at radius 2 is 2.47 bits per heavy atom. The fourth-order valence-electron chi connectivity index (χ4n) is 1.55. The molecule has 2 heterocycles. The van der Waals surface area contributed by atoms with Crippen LogP contribution in [0.15, 0.2) is 24.1 Å². The molecule has 6 heteroatoms. The van der Waals surface area contributed by atoms with Gasteiger partial charge in [0, 0.05) is 18.6 Å². The van der Waals surface area contributed by atoms with Crippen LogP contribution in [0.2, 0.25) is 0 Å². The summed E-state index contributed by atoms with van der Waals surface area (Å²) in [6.07, 6.45) is 5.74. The Labute approximate surface area is 104 Å². The van der Waals surface area contributed by atoms with Gasteiger partial charge >= 0.3 is 0 Å². The fourth-order valence-corrected chi connectivity index (χ4v) is 2.33. The number of thiazole rings is 1. The summed E-state index contributed by atoms with van der Waals surface area (Å²) in [5.41, 5.74) is 0.556. The number of carbonyl (C=O) groups is 1. The average molecular weight is 250 g/mol. The Bertz CT molecular complexity index is 491. The van der Waals surface area contributed by atoms with Crippen LogP contribution in [-0.2, 0) is 7.05 Å². The average Bonchev–Trinajstić information content (AvgIpc) is 2.96. The van der Waals surface area contributed by atoms with E-state index in [1.807, 2.05) is 12.3 Å². The fraction of sp³-hybridized carbons (Fsp3) is 0.364. The molecule has 1 amide bonds. The molecule has 0 fully saturated rings. The summed E-state index contributed by atoms with van der Waals surface area (Å²) >= 11 is 1.55. The molecule has 0 radical (unpaired) electrons. The molecule has 2 aromatic heterocycles. The van der Waals surface area contributed by atoms with E-state index >= 15 is 0 Å². The third-order valence-corrected chi connectivity index (χ3v) is 3.40. The topological polar surface area (TPSA) is 59.8 Å². The van der Waals surface area contributed by atoms with E-state index in [0.29, 0.717) is 5.69 Å². The molecule has 1 atom stereocenters. The third kappa shape index (κ3) is 2.52. The molecule has 2 aromatic rings. The summed E-state index contributed by atoms with van der Waals surface area (Å²) in [6, 6.07) is -0.0302. The molecule has 0 aliphatic carbocycles. The summed E-state index contributed by atoms with van der Waals surface area (Å²) in [5, 5.41) is 5.80. The van der Waals surface area contributed by atoms with Crippen LogP contribution >= 0.6 is 11.3 Å². The van der Waals surface area contributed by atoms with E-state index in [4.69, 9.17) is 0 Å². The first-order chi connectivity index (χ1) is 8.22. The van der Waals surface area contributed by atoms with Gasteiger partial charge in [-0.05, 0) is 6.42 Å². The summed E-state index contributed by atoms with van der Waals surface area (Å²) in [7, 11) is 1.80. The maximum absolute atomic E-state index is 12.0. The second-order valence-corrected chi connectivity index (χ2v) is 4.62. The quantitative estimate of drug-likeness (QED) is 0.899. The number of aryl methyl sites for hydroxylation is 1. The number of nitrogens with one attached hydrogen (secondary N) is 1. The molecular weight excluding hydrogens is 236 g/mol. The molecule has 0 saturated heterocycles. The first-order valence-electron chi connectivity index (χ1n) is 5.39. The zero-order valence-electron chi connectivity index (χ0n) is 9.75. The molecule has 0 aliphatic heterocycles. The largest absolute Gasteiger partial charge is 0.341 e. The van der Waals surface area contributed by atoms with E-state index in [1.54, 1.807) is 41.7 Å². The first kappa shape index (κ1) is 11.8. The maximum atomic E-state index is 12.0. The van der Waals surface area contributed by atoms with Crippen LogP contribution in [0, 0.1) is 0 Å². The minimum Gasteiger partial charge on any atom is -0.341 e. The highest BCUT2D eigenvalue weighted by molar-refractivity contribution is 7.09. The van der Waals surface area contributed by atoms with Crippen molar-refractivity contribution in [1.82, 2.24) is 19.9 Å². The van der Waals surface area contributed by atoms with Crippen molar-refractivity contribution in [3.8, 4) is 0 Å². The van der Waals surface area contributed by atoms with Crippen molar-refractivity contribution in [2.45, 2.75) is 19.4 Å².